The Morgan fingerprint density at radius 2 is 1.76 bits per heavy atom. The van der Waals surface area contributed by atoms with Gasteiger partial charge in [0.05, 0.1) is 18.3 Å². The maximum Gasteiger partial charge on any atom is 0.338 e. The molecule has 0 heterocycles. The molecule has 3 nitrogen and oxygen atoms in total. The SMILES string of the molecule is CC(C)COc1ccc(C(=O)OC(C)C)cc1C(C)(C)C. The van der Waals surface area contributed by atoms with E-state index in [1.807, 2.05) is 26.0 Å². The van der Waals surface area contributed by atoms with Crippen molar-refractivity contribution in [1.29, 1.82) is 0 Å². The number of carbonyl (C=O) groups excluding carboxylic acids is 1. The Kier molecular flexibility index (Phi) is 5.82. The van der Waals surface area contributed by atoms with Gasteiger partial charge in [-0.25, -0.2) is 4.79 Å². The van der Waals surface area contributed by atoms with Crippen molar-refractivity contribution in [1.82, 2.24) is 0 Å². The predicted octanol–water partition coefficient (Wildman–Crippen LogP) is 4.58. The lowest BCUT2D eigenvalue weighted by molar-refractivity contribution is 0.0377. The molecule has 1 aromatic carbocycles. The molecule has 0 N–H and O–H groups in total. The number of hydrogen-bond donors (Lipinski definition) is 0. The molecule has 0 aromatic heterocycles. The first kappa shape index (κ1) is 17.5. The normalized spacial score (nSPS) is 11.9. The molecule has 0 unspecified atom stereocenters. The van der Waals surface area contributed by atoms with Crippen molar-refractivity contribution in [2.45, 2.75) is 60.0 Å². The predicted molar refractivity (Wildman–Crippen MR) is 86.0 cm³/mol. The molecule has 0 saturated heterocycles. The fraction of sp³-hybridized carbons (Fsp3) is 0.611. The third-order valence-corrected chi connectivity index (χ3v) is 2.94. The van der Waals surface area contributed by atoms with Crippen LogP contribution in [-0.4, -0.2) is 18.7 Å². The summed E-state index contributed by atoms with van der Waals surface area (Å²) in [5.41, 5.74) is 1.51. The molecular weight excluding hydrogens is 264 g/mol. The van der Waals surface area contributed by atoms with Crippen LogP contribution >= 0.6 is 0 Å². The summed E-state index contributed by atoms with van der Waals surface area (Å²) < 4.78 is 11.2. The van der Waals surface area contributed by atoms with Gasteiger partial charge in [0, 0.05) is 5.56 Å². The first-order valence-corrected chi connectivity index (χ1v) is 7.59. The molecule has 0 amide bonds. The summed E-state index contributed by atoms with van der Waals surface area (Å²) in [6, 6.07) is 5.54. The van der Waals surface area contributed by atoms with E-state index in [0.717, 1.165) is 11.3 Å². The number of esters is 1. The van der Waals surface area contributed by atoms with Gasteiger partial charge in [0.2, 0.25) is 0 Å². The summed E-state index contributed by atoms with van der Waals surface area (Å²) in [5, 5.41) is 0. The second-order valence-corrected chi connectivity index (χ2v) is 7.12. The van der Waals surface area contributed by atoms with E-state index in [0.29, 0.717) is 18.1 Å². The number of hydrogen-bond acceptors (Lipinski definition) is 3. The van der Waals surface area contributed by atoms with E-state index in [9.17, 15) is 4.79 Å². The van der Waals surface area contributed by atoms with Gasteiger partial charge in [-0.15, -0.1) is 0 Å². The molecule has 0 aliphatic rings. The average molecular weight is 292 g/mol. The van der Waals surface area contributed by atoms with Gasteiger partial charge in [-0.3, -0.25) is 0 Å². The molecule has 3 heteroatoms. The van der Waals surface area contributed by atoms with E-state index < -0.39 is 0 Å². The Labute approximate surface area is 128 Å². The molecule has 0 aliphatic carbocycles. The fourth-order valence-corrected chi connectivity index (χ4v) is 1.91. The quantitative estimate of drug-likeness (QED) is 0.745. The van der Waals surface area contributed by atoms with Crippen LogP contribution in [0.15, 0.2) is 18.2 Å². The fourth-order valence-electron chi connectivity index (χ4n) is 1.91. The van der Waals surface area contributed by atoms with Gasteiger partial charge in [0.15, 0.2) is 0 Å². The largest absolute Gasteiger partial charge is 0.493 e. The highest BCUT2D eigenvalue weighted by molar-refractivity contribution is 5.90. The van der Waals surface area contributed by atoms with Gasteiger partial charge in [0.1, 0.15) is 5.75 Å². The lowest BCUT2D eigenvalue weighted by Crippen LogP contribution is -2.17. The lowest BCUT2D eigenvalue weighted by atomic mass is 9.85. The van der Waals surface area contributed by atoms with Gasteiger partial charge in [-0.1, -0.05) is 34.6 Å². The minimum Gasteiger partial charge on any atom is -0.493 e. The second kappa shape index (κ2) is 6.97. The maximum atomic E-state index is 12.0. The smallest absolute Gasteiger partial charge is 0.338 e. The van der Waals surface area contributed by atoms with E-state index >= 15 is 0 Å². The van der Waals surface area contributed by atoms with Crippen molar-refractivity contribution in [3.05, 3.63) is 29.3 Å². The first-order valence-electron chi connectivity index (χ1n) is 7.59. The number of benzene rings is 1. The zero-order chi connectivity index (χ0) is 16.2. The Hall–Kier alpha value is -1.51. The van der Waals surface area contributed by atoms with Crippen molar-refractivity contribution in [3.63, 3.8) is 0 Å². The van der Waals surface area contributed by atoms with Crippen LogP contribution < -0.4 is 4.74 Å². The molecule has 0 fully saturated rings. The standard InChI is InChI=1S/C18H28O3/c1-12(2)11-20-16-9-8-14(17(19)21-13(3)4)10-15(16)18(5,6)7/h8-10,12-13H,11H2,1-7H3. The van der Waals surface area contributed by atoms with Crippen LogP contribution in [-0.2, 0) is 10.2 Å². The molecular formula is C18H28O3. The van der Waals surface area contributed by atoms with E-state index in [1.54, 1.807) is 6.07 Å². The first-order chi connectivity index (χ1) is 9.61. The molecule has 0 aliphatic heterocycles. The van der Waals surface area contributed by atoms with Crippen LogP contribution in [0.25, 0.3) is 0 Å². The number of rotatable bonds is 5. The minimum atomic E-state index is -0.286. The van der Waals surface area contributed by atoms with Gasteiger partial charge >= 0.3 is 5.97 Å². The highest BCUT2D eigenvalue weighted by atomic mass is 16.5. The molecule has 21 heavy (non-hydrogen) atoms. The van der Waals surface area contributed by atoms with Crippen molar-refractivity contribution < 1.29 is 14.3 Å². The zero-order valence-corrected chi connectivity index (χ0v) is 14.3. The summed E-state index contributed by atoms with van der Waals surface area (Å²) in [6.45, 7) is 14.9. The summed E-state index contributed by atoms with van der Waals surface area (Å²) in [6.07, 6.45) is -0.118. The Bertz CT molecular complexity index is 482. The number of ether oxygens (including phenoxy) is 2. The monoisotopic (exact) mass is 292 g/mol. The summed E-state index contributed by atoms with van der Waals surface area (Å²) in [7, 11) is 0. The minimum absolute atomic E-state index is 0.0968. The Morgan fingerprint density at radius 1 is 1.14 bits per heavy atom. The lowest BCUT2D eigenvalue weighted by Gasteiger charge is -2.24. The molecule has 0 spiro atoms. The molecule has 118 valence electrons. The molecule has 0 atom stereocenters. The summed E-state index contributed by atoms with van der Waals surface area (Å²) in [4.78, 5) is 12.0. The summed E-state index contributed by atoms with van der Waals surface area (Å²) >= 11 is 0. The van der Waals surface area contributed by atoms with Gasteiger partial charge in [-0.05, 0) is 43.4 Å². The molecule has 1 aromatic rings. The van der Waals surface area contributed by atoms with E-state index in [2.05, 4.69) is 34.6 Å². The van der Waals surface area contributed by atoms with Crippen molar-refractivity contribution >= 4 is 5.97 Å². The van der Waals surface area contributed by atoms with E-state index in [1.165, 1.54) is 0 Å². The molecule has 0 radical (unpaired) electrons. The number of carbonyl (C=O) groups is 1. The van der Waals surface area contributed by atoms with Gasteiger partial charge < -0.3 is 9.47 Å². The van der Waals surface area contributed by atoms with E-state index in [-0.39, 0.29) is 17.5 Å². The highest BCUT2D eigenvalue weighted by Gasteiger charge is 2.22. The molecule has 0 bridgehead atoms. The second-order valence-electron chi connectivity index (χ2n) is 7.12. The van der Waals surface area contributed by atoms with Crippen molar-refractivity contribution in [2.24, 2.45) is 5.92 Å². The van der Waals surface area contributed by atoms with Crippen LogP contribution in [0.3, 0.4) is 0 Å². The molecule has 1 rings (SSSR count). The van der Waals surface area contributed by atoms with Crippen LogP contribution in [0.2, 0.25) is 0 Å². The highest BCUT2D eigenvalue weighted by Crippen LogP contribution is 2.32. The molecule has 0 saturated carbocycles. The zero-order valence-electron chi connectivity index (χ0n) is 14.3. The summed E-state index contributed by atoms with van der Waals surface area (Å²) in [5.74, 6) is 1.02. The third kappa shape index (κ3) is 5.41. The van der Waals surface area contributed by atoms with E-state index in [4.69, 9.17) is 9.47 Å². The third-order valence-electron chi connectivity index (χ3n) is 2.94. The topological polar surface area (TPSA) is 35.5 Å². The van der Waals surface area contributed by atoms with Crippen LogP contribution in [0.1, 0.15) is 64.4 Å². The van der Waals surface area contributed by atoms with Crippen molar-refractivity contribution in [3.8, 4) is 5.75 Å². The maximum absolute atomic E-state index is 12.0. The van der Waals surface area contributed by atoms with Crippen LogP contribution in [0, 0.1) is 5.92 Å². The average Bonchev–Trinajstić information content (AvgIpc) is 2.34. The van der Waals surface area contributed by atoms with Gasteiger partial charge in [-0.2, -0.15) is 0 Å². The Morgan fingerprint density at radius 3 is 2.24 bits per heavy atom. The van der Waals surface area contributed by atoms with Crippen LogP contribution in [0.4, 0.5) is 0 Å². The van der Waals surface area contributed by atoms with Crippen molar-refractivity contribution in [2.75, 3.05) is 6.61 Å². The van der Waals surface area contributed by atoms with Crippen LogP contribution in [0.5, 0.6) is 5.75 Å². The Balaban J connectivity index is 3.10. The van der Waals surface area contributed by atoms with Gasteiger partial charge in [0.25, 0.3) is 0 Å².